The van der Waals surface area contributed by atoms with Crippen LogP contribution in [0.15, 0.2) is 41.2 Å². The molecule has 0 aliphatic rings. The van der Waals surface area contributed by atoms with Gasteiger partial charge in [-0.2, -0.15) is 0 Å². The number of methoxy groups -OCH3 is 1. The van der Waals surface area contributed by atoms with Crippen LogP contribution in [0.4, 0.5) is 0 Å². The van der Waals surface area contributed by atoms with Gasteiger partial charge < -0.3 is 24.5 Å². The summed E-state index contributed by atoms with van der Waals surface area (Å²) in [7, 11) is 1.31. The van der Waals surface area contributed by atoms with Crippen LogP contribution < -0.4 is 20.3 Å². The van der Waals surface area contributed by atoms with Crippen LogP contribution in [-0.4, -0.2) is 36.3 Å². The molecule has 1 unspecified atom stereocenters. The summed E-state index contributed by atoms with van der Waals surface area (Å²) in [5.74, 6) is 1.41. The highest BCUT2D eigenvalue weighted by atomic mass is 16.5. The number of esters is 1. The highest BCUT2D eigenvalue weighted by Crippen LogP contribution is 2.30. The molecule has 0 amide bonds. The molecule has 31 heavy (non-hydrogen) atoms. The molecule has 1 atom stereocenters. The number of aromatic amines is 1. The number of hydrogen-bond donors (Lipinski definition) is 2. The van der Waals surface area contributed by atoms with E-state index in [9.17, 15) is 9.59 Å². The second-order valence-corrected chi connectivity index (χ2v) is 6.91. The maximum atomic E-state index is 12.4. The summed E-state index contributed by atoms with van der Waals surface area (Å²) in [4.78, 5) is 31.5. The number of nitrogens with zero attached hydrogens (tertiary/aromatic N) is 1. The average Bonchev–Trinajstić information content (AvgIpc) is 2.78. The van der Waals surface area contributed by atoms with Gasteiger partial charge in [0.25, 0.3) is 5.56 Å². The number of aromatic nitrogens is 2. The Hall–Kier alpha value is -3.39. The van der Waals surface area contributed by atoms with Gasteiger partial charge in [0, 0.05) is 6.04 Å². The van der Waals surface area contributed by atoms with Crippen LogP contribution in [0.5, 0.6) is 11.5 Å². The van der Waals surface area contributed by atoms with Crippen molar-refractivity contribution < 1.29 is 19.0 Å². The zero-order valence-corrected chi connectivity index (χ0v) is 18.2. The van der Waals surface area contributed by atoms with Gasteiger partial charge in [-0.05, 0) is 56.7 Å². The molecule has 2 aromatic carbocycles. The molecule has 1 aromatic heterocycles. The summed E-state index contributed by atoms with van der Waals surface area (Å²) < 4.78 is 16.1. The second-order valence-electron chi connectivity index (χ2n) is 6.91. The number of benzene rings is 2. The molecule has 3 rings (SSSR count). The number of H-pyrrole nitrogens is 1. The van der Waals surface area contributed by atoms with Crippen molar-refractivity contribution in [1.82, 2.24) is 15.3 Å². The molecule has 0 fully saturated rings. The van der Waals surface area contributed by atoms with Gasteiger partial charge in [0.05, 0.1) is 43.3 Å². The summed E-state index contributed by atoms with van der Waals surface area (Å²) >= 11 is 0. The van der Waals surface area contributed by atoms with Crippen molar-refractivity contribution in [2.75, 3.05) is 20.3 Å². The van der Waals surface area contributed by atoms with Gasteiger partial charge in [0.15, 0.2) is 11.5 Å². The Morgan fingerprint density at radius 1 is 1.10 bits per heavy atom. The smallest absolute Gasteiger partial charge is 0.337 e. The topological polar surface area (TPSA) is 103 Å². The average molecular weight is 425 g/mol. The minimum Gasteiger partial charge on any atom is -0.490 e. The molecule has 0 saturated carbocycles. The summed E-state index contributed by atoms with van der Waals surface area (Å²) in [5.41, 5.74) is 1.54. The molecule has 8 nitrogen and oxygen atoms in total. The van der Waals surface area contributed by atoms with E-state index in [1.165, 1.54) is 7.11 Å². The summed E-state index contributed by atoms with van der Waals surface area (Å²) in [5, 5.41) is 3.77. The first-order valence-corrected chi connectivity index (χ1v) is 10.2. The lowest BCUT2D eigenvalue weighted by molar-refractivity contribution is 0.0601. The van der Waals surface area contributed by atoms with Crippen LogP contribution >= 0.6 is 0 Å². The number of rotatable bonds is 9. The van der Waals surface area contributed by atoms with Gasteiger partial charge in [0.2, 0.25) is 0 Å². The number of carbonyl (C=O) groups excluding carboxylic acids is 1. The normalized spacial score (nSPS) is 11.9. The Bertz CT molecular complexity index is 1130. The molecule has 0 saturated heterocycles. The molecule has 0 radical (unpaired) electrons. The SMILES string of the molecule is CCOc1ccc(C(C)NCc2nc3cc(C(=O)OC)ccc3c(=O)[nH]2)cc1OCC. The Kier molecular flexibility index (Phi) is 7.25. The molecular weight excluding hydrogens is 398 g/mol. The van der Waals surface area contributed by atoms with Crippen molar-refractivity contribution in [3.05, 3.63) is 63.7 Å². The van der Waals surface area contributed by atoms with Crippen molar-refractivity contribution in [1.29, 1.82) is 0 Å². The Labute approximate surface area is 180 Å². The molecule has 0 aliphatic heterocycles. The van der Waals surface area contributed by atoms with E-state index in [2.05, 4.69) is 15.3 Å². The van der Waals surface area contributed by atoms with Gasteiger partial charge in [-0.1, -0.05) is 6.07 Å². The Balaban J connectivity index is 1.79. The van der Waals surface area contributed by atoms with Crippen LogP contribution in [-0.2, 0) is 11.3 Å². The third-order valence-corrected chi connectivity index (χ3v) is 4.82. The lowest BCUT2D eigenvalue weighted by Gasteiger charge is -2.17. The summed E-state index contributed by atoms with van der Waals surface area (Å²) in [6.45, 7) is 7.32. The number of hydrogen-bond acceptors (Lipinski definition) is 7. The van der Waals surface area contributed by atoms with Gasteiger partial charge >= 0.3 is 5.97 Å². The maximum absolute atomic E-state index is 12.4. The van der Waals surface area contributed by atoms with E-state index in [0.717, 1.165) is 5.56 Å². The van der Waals surface area contributed by atoms with E-state index in [1.807, 2.05) is 39.0 Å². The van der Waals surface area contributed by atoms with Crippen LogP contribution in [0.25, 0.3) is 10.9 Å². The predicted molar refractivity (Wildman–Crippen MR) is 118 cm³/mol. The molecule has 2 N–H and O–H groups in total. The fourth-order valence-corrected chi connectivity index (χ4v) is 3.22. The molecule has 3 aromatic rings. The van der Waals surface area contributed by atoms with E-state index < -0.39 is 5.97 Å². The highest BCUT2D eigenvalue weighted by molar-refractivity contribution is 5.93. The largest absolute Gasteiger partial charge is 0.490 e. The lowest BCUT2D eigenvalue weighted by atomic mass is 10.1. The predicted octanol–water partition coefficient (Wildman–Crippen LogP) is 3.36. The second kappa shape index (κ2) is 10.1. The zero-order chi connectivity index (χ0) is 22.4. The van der Waals surface area contributed by atoms with Crippen molar-refractivity contribution in [3.8, 4) is 11.5 Å². The molecule has 8 heteroatoms. The fraction of sp³-hybridized carbons (Fsp3) is 0.348. The molecule has 0 bridgehead atoms. The van der Waals surface area contributed by atoms with E-state index in [-0.39, 0.29) is 11.6 Å². The van der Waals surface area contributed by atoms with Crippen molar-refractivity contribution in [3.63, 3.8) is 0 Å². The number of nitrogens with one attached hydrogen (secondary N) is 2. The van der Waals surface area contributed by atoms with Crippen molar-refractivity contribution >= 4 is 16.9 Å². The minimum absolute atomic E-state index is 0.0303. The number of carbonyl (C=O) groups is 1. The first-order chi connectivity index (χ1) is 15.0. The van der Waals surface area contributed by atoms with Gasteiger partial charge in [-0.15, -0.1) is 0 Å². The highest BCUT2D eigenvalue weighted by Gasteiger charge is 2.13. The summed E-state index contributed by atoms with van der Waals surface area (Å²) in [6, 6.07) is 10.5. The molecule has 0 spiro atoms. The van der Waals surface area contributed by atoms with Crippen molar-refractivity contribution in [2.45, 2.75) is 33.4 Å². The van der Waals surface area contributed by atoms with Crippen LogP contribution in [0.1, 0.15) is 48.6 Å². The molecular formula is C23H27N3O5. The van der Waals surface area contributed by atoms with Gasteiger partial charge in [-0.25, -0.2) is 9.78 Å². The quantitative estimate of drug-likeness (QED) is 0.507. The van der Waals surface area contributed by atoms with Gasteiger partial charge in [0.1, 0.15) is 5.82 Å². The van der Waals surface area contributed by atoms with E-state index >= 15 is 0 Å². The van der Waals surface area contributed by atoms with E-state index in [0.29, 0.717) is 53.5 Å². The fourth-order valence-electron chi connectivity index (χ4n) is 3.22. The van der Waals surface area contributed by atoms with Crippen LogP contribution in [0.2, 0.25) is 0 Å². The minimum atomic E-state index is -0.474. The molecule has 0 aliphatic carbocycles. The number of fused-ring (bicyclic) bond motifs is 1. The van der Waals surface area contributed by atoms with E-state index in [1.54, 1.807) is 18.2 Å². The number of ether oxygens (including phenoxy) is 3. The van der Waals surface area contributed by atoms with Crippen molar-refractivity contribution in [2.24, 2.45) is 0 Å². The molecule has 1 heterocycles. The Morgan fingerprint density at radius 2 is 1.84 bits per heavy atom. The third kappa shape index (κ3) is 5.21. The standard InChI is InChI=1S/C23H27N3O5/c1-5-30-19-10-8-15(12-20(19)31-6-2)14(3)24-13-21-25-18-11-16(23(28)29-4)7-9-17(18)22(27)26-21/h7-12,14,24H,5-6,13H2,1-4H3,(H,25,26,27). The lowest BCUT2D eigenvalue weighted by Crippen LogP contribution is -2.22. The third-order valence-electron chi connectivity index (χ3n) is 4.82. The Morgan fingerprint density at radius 3 is 2.55 bits per heavy atom. The van der Waals surface area contributed by atoms with Gasteiger partial charge in [-0.3, -0.25) is 4.79 Å². The van der Waals surface area contributed by atoms with Crippen LogP contribution in [0, 0.1) is 0 Å². The molecule has 164 valence electrons. The summed E-state index contributed by atoms with van der Waals surface area (Å²) in [6.07, 6.45) is 0. The van der Waals surface area contributed by atoms with Crippen LogP contribution in [0.3, 0.4) is 0 Å². The first kappa shape index (κ1) is 22.3. The monoisotopic (exact) mass is 425 g/mol. The first-order valence-electron chi connectivity index (χ1n) is 10.2. The van der Waals surface area contributed by atoms with E-state index in [4.69, 9.17) is 14.2 Å². The maximum Gasteiger partial charge on any atom is 0.337 e. The zero-order valence-electron chi connectivity index (χ0n) is 18.2.